The minimum atomic E-state index is -0.949. The van der Waals surface area contributed by atoms with Gasteiger partial charge >= 0.3 is 5.97 Å². The second kappa shape index (κ2) is 4.74. The molecule has 0 saturated heterocycles. The lowest BCUT2D eigenvalue weighted by molar-refractivity contribution is 0.0698. The van der Waals surface area contributed by atoms with Crippen LogP contribution in [-0.4, -0.2) is 16.1 Å². The van der Waals surface area contributed by atoms with E-state index in [-0.39, 0.29) is 5.56 Å². The number of hydrogen-bond donors (Lipinski definition) is 1. The van der Waals surface area contributed by atoms with E-state index in [1.165, 1.54) is 0 Å². The Morgan fingerprint density at radius 2 is 1.90 bits per heavy atom. The number of nitrogens with zero attached hydrogens (tertiary/aromatic N) is 1. The highest BCUT2D eigenvalue weighted by molar-refractivity contribution is 6.05. The summed E-state index contributed by atoms with van der Waals surface area (Å²) in [4.78, 5) is 16.3. The lowest BCUT2D eigenvalue weighted by Gasteiger charge is -2.11. The molecule has 0 aliphatic rings. The van der Waals surface area contributed by atoms with Crippen molar-refractivity contribution in [3.05, 3.63) is 52.8 Å². The van der Waals surface area contributed by atoms with Crippen LogP contribution in [0.1, 0.15) is 27.2 Å². The highest BCUT2D eigenvalue weighted by Crippen LogP contribution is 2.31. The molecule has 0 unspecified atom stereocenters. The van der Waals surface area contributed by atoms with E-state index in [1.54, 1.807) is 6.92 Å². The van der Waals surface area contributed by atoms with E-state index in [2.05, 4.69) is 4.98 Å². The molecule has 0 spiro atoms. The molecule has 21 heavy (non-hydrogen) atoms. The van der Waals surface area contributed by atoms with Gasteiger partial charge in [0.05, 0.1) is 11.1 Å². The van der Waals surface area contributed by atoms with Gasteiger partial charge in [0.25, 0.3) is 0 Å². The van der Waals surface area contributed by atoms with Gasteiger partial charge < -0.3 is 9.52 Å². The molecular weight excluding hydrogens is 266 g/mol. The zero-order valence-corrected chi connectivity index (χ0v) is 12.1. The third-order valence-electron chi connectivity index (χ3n) is 3.57. The third kappa shape index (κ3) is 2.18. The van der Waals surface area contributed by atoms with Crippen molar-refractivity contribution in [3.8, 4) is 11.5 Å². The van der Waals surface area contributed by atoms with Gasteiger partial charge in [0.15, 0.2) is 5.76 Å². The van der Waals surface area contributed by atoms with Crippen LogP contribution in [0.25, 0.3) is 22.4 Å². The summed E-state index contributed by atoms with van der Waals surface area (Å²) in [5.74, 6) is 0.414. The molecule has 0 radical (unpaired) electrons. The largest absolute Gasteiger partial charge is 0.478 e. The summed E-state index contributed by atoms with van der Waals surface area (Å²) >= 11 is 0. The summed E-state index contributed by atoms with van der Waals surface area (Å²) in [6, 6.07) is 9.28. The molecule has 0 atom stereocenters. The first-order valence-corrected chi connectivity index (χ1v) is 6.68. The molecule has 0 amide bonds. The summed E-state index contributed by atoms with van der Waals surface area (Å²) < 4.78 is 5.60. The van der Waals surface area contributed by atoms with Crippen molar-refractivity contribution in [2.75, 3.05) is 0 Å². The summed E-state index contributed by atoms with van der Waals surface area (Å²) in [6.07, 6.45) is 0. The van der Waals surface area contributed by atoms with Crippen LogP contribution in [0.5, 0.6) is 0 Å². The van der Waals surface area contributed by atoms with Crippen molar-refractivity contribution in [2.24, 2.45) is 0 Å². The second-order valence-electron chi connectivity index (χ2n) is 5.20. The number of rotatable bonds is 2. The van der Waals surface area contributed by atoms with Gasteiger partial charge in [0.2, 0.25) is 0 Å². The zero-order valence-electron chi connectivity index (χ0n) is 12.1. The predicted octanol–water partition coefficient (Wildman–Crippen LogP) is 4.12. The fourth-order valence-corrected chi connectivity index (χ4v) is 2.55. The molecule has 3 aromatic rings. The van der Waals surface area contributed by atoms with Crippen molar-refractivity contribution >= 4 is 16.9 Å². The molecule has 106 valence electrons. The number of benzene rings is 1. The van der Waals surface area contributed by atoms with Gasteiger partial charge in [0, 0.05) is 5.39 Å². The van der Waals surface area contributed by atoms with Gasteiger partial charge in [-0.1, -0.05) is 11.6 Å². The Bertz CT molecular complexity index is 862. The number of hydrogen-bond acceptors (Lipinski definition) is 3. The molecule has 1 aromatic carbocycles. The Morgan fingerprint density at radius 1 is 1.14 bits per heavy atom. The van der Waals surface area contributed by atoms with E-state index in [4.69, 9.17) is 4.42 Å². The number of fused-ring (bicyclic) bond motifs is 1. The normalized spacial score (nSPS) is 11.0. The SMILES string of the molecule is Cc1ccc2nc(-c3ccc(C)o3)c(C)c(C(=O)O)c2c1. The highest BCUT2D eigenvalue weighted by Gasteiger charge is 2.19. The Balaban J connectivity index is 2.40. The number of carboxylic acids is 1. The van der Waals surface area contributed by atoms with Crippen LogP contribution >= 0.6 is 0 Å². The number of carbonyl (C=O) groups is 1. The van der Waals surface area contributed by atoms with Gasteiger partial charge in [-0.25, -0.2) is 9.78 Å². The molecule has 0 aliphatic carbocycles. The van der Waals surface area contributed by atoms with Crippen molar-refractivity contribution in [1.82, 2.24) is 4.98 Å². The maximum absolute atomic E-state index is 11.7. The monoisotopic (exact) mass is 281 g/mol. The van der Waals surface area contributed by atoms with E-state index in [9.17, 15) is 9.90 Å². The molecule has 0 saturated carbocycles. The van der Waals surface area contributed by atoms with Crippen molar-refractivity contribution in [1.29, 1.82) is 0 Å². The number of aromatic nitrogens is 1. The average molecular weight is 281 g/mol. The van der Waals surface area contributed by atoms with Gasteiger partial charge in [-0.3, -0.25) is 0 Å². The lowest BCUT2D eigenvalue weighted by Crippen LogP contribution is -2.04. The molecular formula is C17H15NO3. The zero-order chi connectivity index (χ0) is 15.1. The van der Waals surface area contributed by atoms with Crippen LogP contribution in [0.15, 0.2) is 34.7 Å². The molecule has 0 fully saturated rings. The Labute approximate surface area is 122 Å². The molecule has 1 N–H and O–H groups in total. The molecule has 3 rings (SSSR count). The highest BCUT2D eigenvalue weighted by atomic mass is 16.4. The van der Waals surface area contributed by atoms with Crippen LogP contribution in [0.2, 0.25) is 0 Å². The van der Waals surface area contributed by atoms with E-state index >= 15 is 0 Å². The summed E-state index contributed by atoms with van der Waals surface area (Å²) in [5, 5.41) is 10.2. The van der Waals surface area contributed by atoms with Gasteiger partial charge in [0.1, 0.15) is 11.5 Å². The van der Waals surface area contributed by atoms with Crippen LogP contribution in [0.4, 0.5) is 0 Å². The van der Waals surface area contributed by atoms with E-state index in [0.717, 1.165) is 11.3 Å². The molecule has 4 nitrogen and oxygen atoms in total. The number of pyridine rings is 1. The van der Waals surface area contributed by atoms with Crippen LogP contribution in [0.3, 0.4) is 0 Å². The first-order valence-electron chi connectivity index (χ1n) is 6.68. The Hall–Kier alpha value is -2.62. The number of furan rings is 1. The summed E-state index contributed by atoms with van der Waals surface area (Å²) in [7, 11) is 0. The molecule has 2 heterocycles. The van der Waals surface area contributed by atoms with Crippen LogP contribution in [0, 0.1) is 20.8 Å². The standard InChI is InChI=1S/C17H15NO3/c1-9-4-6-13-12(8-9)15(17(19)20)11(3)16(18-13)14-7-5-10(2)21-14/h4-8H,1-3H3,(H,19,20). The Morgan fingerprint density at radius 3 is 2.52 bits per heavy atom. The number of carboxylic acid groups (broad SMARTS) is 1. The fraction of sp³-hybridized carbons (Fsp3) is 0.176. The maximum atomic E-state index is 11.7. The molecule has 0 aliphatic heterocycles. The number of aromatic carboxylic acids is 1. The molecule has 4 heteroatoms. The van der Waals surface area contributed by atoms with Crippen molar-refractivity contribution in [3.63, 3.8) is 0 Å². The van der Waals surface area contributed by atoms with E-state index in [0.29, 0.717) is 27.9 Å². The van der Waals surface area contributed by atoms with Gasteiger partial charge in [-0.05, 0) is 50.6 Å². The first-order chi connectivity index (χ1) is 9.97. The quantitative estimate of drug-likeness (QED) is 0.767. The summed E-state index contributed by atoms with van der Waals surface area (Å²) in [5.41, 5.74) is 3.15. The maximum Gasteiger partial charge on any atom is 0.336 e. The summed E-state index contributed by atoms with van der Waals surface area (Å²) in [6.45, 7) is 5.55. The van der Waals surface area contributed by atoms with Gasteiger partial charge in [-0.2, -0.15) is 0 Å². The fourth-order valence-electron chi connectivity index (χ4n) is 2.55. The van der Waals surface area contributed by atoms with Gasteiger partial charge in [-0.15, -0.1) is 0 Å². The lowest BCUT2D eigenvalue weighted by atomic mass is 9.99. The molecule has 2 aromatic heterocycles. The van der Waals surface area contributed by atoms with Crippen LogP contribution < -0.4 is 0 Å². The predicted molar refractivity (Wildman–Crippen MR) is 80.6 cm³/mol. The average Bonchev–Trinajstić information content (AvgIpc) is 2.84. The third-order valence-corrected chi connectivity index (χ3v) is 3.57. The van der Waals surface area contributed by atoms with E-state index in [1.807, 2.05) is 44.2 Å². The molecule has 0 bridgehead atoms. The minimum Gasteiger partial charge on any atom is -0.478 e. The first kappa shape index (κ1) is 13.4. The second-order valence-corrected chi connectivity index (χ2v) is 5.20. The Kier molecular flexibility index (Phi) is 3.01. The number of aryl methyl sites for hydroxylation is 2. The smallest absolute Gasteiger partial charge is 0.336 e. The van der Waals surface area contributed by atoms with Crippen LogP contribution in [-0.2, 0) is 0 Å². The van der Waals surface area contributed by atoms with E-state index < -0.39 is 5.97 Å². The minimum absolute atomic E-state index is 0.285. The topological polar surface area (TPSA) is 63.3 Å². The van der Waals surface area contributed by atoms with Crippen molar-refractivity contribution < 1.29 is 14.3 Å². The van der Waals surface area contributed by atoms with Crippen molar-refractivity contribution in [2.45, 2.75) is 20.8 Å².